The van der Waals surface area contributed by atoms with Crippen LogP contribution in [-0.2, 0) is 4.84 Å². The minimum Gasteiger partial charge on any atom is -0.396 e. The molecule has 0 aromatic heterocycles. The van der Waals surface area contributed by atoms with Gasteiger partial charge in [-0.3, -0.25) is 0 Å². The van der Waals surface area contributed by atoms with Crippen LogP contribution >= 0.6 is 0 Å². The summed E-state index contributed by atoms with van der Waals surface area (Å²) in [5.74, 6) is 0. The Morgan fingerprint density at radius 1 is 1.14 bits per heavy atom. The second-order valence-corrected chi connectivity index (χ2v) is 9.48. The normalized spacial score (nSPS) is 12.3. The van der Waals surface area contributed by atoms with Crippen molar-refractivity contribution in [3.63, 3.8) is 0 Å². The summed E-state index contributed by atoms with van der Waals surface area (Å²) in [5.41, 5.74) is 0. The van der Waals surface area contributed by atoms with Crippen LogP contribution in [0.5, 0.6) is 0 Å². The molecule has 0 aliphatic rings. The van der Waals surface area contributed by atoms with Crippen molar-refractivity contribution < 1.29 is 4.84 Å². The van der Waals surface area contributed by atoms with E-state index < -0.39 is 8.07 Å². The summed E-state index contributed by atoms with van der Waals surface area (Å²) in [7, 11) is -0.909. The topological polar surface area (TPSA) is 21.6 Å². The Balaban J connectivity index is 3.71. The van der Waals surface area contributed by atoms with Gasteiger partial charge in [0, 0.05) is 6.21 Å². The van der Waals surface area contributed by atoms with Gasteiger partial charge in [-0.2, -0.15) is 0 Å². The molecule has 0 unspecified atom stereocenters. The summed E-state index contributed by atoms with van der Waals surface area (Å²) in [4.78, 5) is 5.10. The lowest BCUT2D eigenvalue weighted by Gasteiger charge is -2.27. The average Bonchev–Trinajstić information content (AvgIpc) is 2.24. The van der Waals surface area contributed by atoms with Gasteiger partial charge in [-0.05, 0) is 13.3 Å². The zero-order valence-corrected chi connectivity index (χ0v) is 11.2. The lowest BCUT2D eigenvalue weighted by atomic mass is 10.5. The molecule has 0 rings (SSSR count). The van der Waals surface area contributed by atoms with Crippen LogP contribution in [-0.4, -0.2) is 20.9 Å². The average molecular weight is 215 g/mol. The zero-order chi connectivity index (χ0) is 10.9. The summed E-state index contributed by atoms with van der Waals surface area (Å²) in [6.45, 7) is 9.72. The highest BCUT2D eigenvalue weighted by Crippen LogP contribution is 2.26. The van der Waals surface area contributed by atoms with Crippen molar-refractivity contribution in [1.82, 2.24) is 0 Å². The van der Waals surface area contributed by atoms with Crippen molar-refractivity contribution in [1.29, 1.82) is 0 Å². The molecule has 0 aromatic carbocycles. The molecule has 0 bridgehead atoms. The number of rotatable bonds is 8. The zero-order valence-electron chi connectivity index (χ0n) is 10.2. The van der Waals surface area contributed by atoms with Gasteiger partial charge in [0.1, 0.15) is 6.61 Å². The van der Waals surface area contributed by atoms with E-state index in [1.807, 2.05) is 6.92 Å². The Morgan fingerprint density at radius 2 is 1.71 bits per heavy atom. The first-order chi connectivity index (χ1) is 6.74. The van der Waals surface area contributed by atoms with Crippen LogP contribution in [0, 0.1) is 0 Å². The first-order valence-corrected chi connectivity index (χ1v) is 8.67. The van der Waals surface area contributed by atoms with Crippen LogP contribution in [0.25, 0.3) is 0 Å². The highest BCUT2D eigenvalue weighted by atomic mass is 28.3. The van der Waals surface area contributed by atoms with Gasteiger partial charge in [0.2, 0.25) is 0 Å². The van der Waals surface area contributed by atoms with E-state index in [-0.39, 0.29) is 0 Å². The number of hydrogen-bond acceptors (Lipinski definition) is 2. The number of oxime groups is 1. The predicted molar refractivity (Wildman–Crippen MR) is 66.7 cm³/mol. The fourth-order valence-electron chi connectivity index (χ4n) is 1.92. The molecule has 3 heteroatoms. The third kappa shape index (κ3) is 4.79. The van der Waals surface area contributed by atoms with E-state index in [1.54, 1.807) is 6.21 Å². The lowest BCUT2D eigenvalue weighted by molar-refractivity contribution is 0.146. The van der Waals surface area contributed by atoms with Gasteiger partial charge in [-0.1, -0.05) is 50.1 Å². The Labute approximate surface area is 89.7 Å². The van der Waals surface area contributed by atoms with Crippen LogP contribution in [0.15, 0.2) is 5.16 Å². The lowest BCUT2D eigenvalue weighted by Crippen LogP contribution is -2.31. The second kappa shape index (κ2) is 8.03. The highest BCUT2D eigenvalue weighted by Gasteiger charge is 2.25. The largest absolute Gasteiger partial charge is 0.396 e. The van der Waals surface area contributed by atoms with Crippen LogP contribution in [0.1, 0.15) is 34.1 Å². The van der Waals surface area contributed by atoms with Crippen molar-refractivity contribution >= 4 is 14.3 Å². The molecular weight excluding hydrogens is 190 g/mol. The molecular formula is C11H25NOSi. The van der Waals surface area contributed by atoms with Crippen molar-refractivity contribution in [2.24, 2.45) is 5.16 Å². The molecule has 0 atom stereocenters. The quantitative estimate of drug-likeness (QED) is 0.260. The third-order valence-electron chi connectivity index (χ3n) is 3.37. The van der Waals surface area contributed by atoms with Crippen LogP contribution in [0.2, 0.25) is 24.2 Å². The van der Waals surface area contributed by atoms with E-state index >= 15 is 0 Å². The molecule has 0 aliphatic heterocycles. The summed E-state index contributed by atoms with van der Waals surface area (Å²) in [6.07, 6.45) is 2.88. The fraction of sp³-hybridized carbons (Fsp3) is 0.909. The molecule has 0 saturated heterocycles. The summed E-state index contributed by atoms with van der Waals surface area (Å²) in [6, 6.07) is 5.64. The molecule has 14 heavy (non-hydrogen) atoms. The number of hydrogen-bond donors (Lipinski definition) is 0. The van der Waals surface area contributed by atoms with Crippen LogP contribution in [0.4, 0.5) is 0 Å². The molecule has 0 spiro atoms. The predicted octanol–water partition coefficient (Wildman–Crippen LogP) is 3.91. The monoisotopic (exact) mass is 215 g/mol. The standard InChI is InChI=1S/C11H25NOSi/c1-5-12-13-10-9-11-14(6-2,7-3)8-4/h5H,6-11H2,1-4H3/b12-5+. The van der Waals surface area contributed by atoms with Crippen molar-refractivity contribution in [3.05, 3.63) is 0 Å². The molecule has 0 aliphatic carbocycles. The molecule has 2 nitrogen and oxygen atoms in total. The first kappa shape index (κ1) is 13.7. The maximum absolute atomic E-state index is 5.10. The minimum atomic E-state index is -0.909. The Hall–Kier alpha value is -0.313. The number of nitrogens with zero attached hydrogens (tertiary/aromatic N) is 1. The van der Waals surface area contributed by atoms with Gasteiger partial charge in [-0.15, -0.1) is 0 Å². The van der Waals surface area contributed by atoms with Gasteiger partial charge in [0.05, 0.1) is 8.07 Å². The van der Waals surface area contributed by atoms with E-state index in [0.717, 1.165) is 6.61 Å². The van der Waals surface area contributed by atoms with E-state index in [2.05, 4.69) is 25.9 Å². The fourth-order valence-corrected chi connectivity index (χ4v) is 5.37. The maximum Gasteiger partial charge on any atom is 0.116 e. The van der Waals surface area contributed by atoms with Crippen molar-refractivity contribution in [3.8, 4) is 0 Å². The van der Waals surface area contributed by atoms with Crippen LogP contribution in [0.3, 0.4) is 0 Å². The van der Waals surface area contributed by atoms with Crippen LogP contribution < -0.4 is 0 Å². The summed E-state index contributed by atoms with van der Waals surface area (Å²) >= 11 is 0. The van der Waals surface area contributed by atoms with Gasteiger partial charge >= 0.3 is 0 Å². The van der Waals surface area contributed by atoms with Gasteiger partial charge in [0.25, 0.3) is 0 Å². The van der Waals surface area contributed by atoms with E-state index in [9.17, 15) is 0 Å². The van der Waals surface area contributed by atoms with E-state index in [4.69, 9.17) is 4.84 Å². The summed E-state index contributed by atoms with van der Waals surface area (Å²) in [5, 5.41) is 3.76. The smallest absolute Gasteiger partial charge is 0.116 e. The van der Waals surface area contributed by atoms with Gasteiger partial charge in [-0.25, -0.2) is 0 Å². The molecule has 0 radical (unpaired) electrons. The first-order valence-electron chi connectivity index (χ1n) is 5.84. The third-order valence-corrected chi connectivity index (χ3v) is 9.29. The Kier molecular flexibility index (Phi) is 7.85. The van der Waals surface area contributed by atoms with Crippen molar-refractivity contribution in [2.45, 2.75) is 58.3 Å². The van der Waals surface area contributed by atoms with Gasteiger partial charge < -0.3 is 4.84 Å². The molecule has 0 amide bonds. The maximum atomic E-state index is 5.10. The molecule has 0 heterocycles. The SMILES string of the molecule is C/C=N/OCCC[Si](CC)(CC)CC. The molecule has 84 valence electrons. The van der Waals surface area contributed by atoms with Gasteiger partial charge in [0.15, 0.2) is 0 Å². The molecule has 0 aromatic rings. The minimum absolute atomic E-state index is 0.791. The van der Waals surface area contributed by atoms with E-state index in [1.165, 1.54) is 30.6 Å². The van der Waals surface area contributed by atoms with E-state index in [0.29, 0.717) is 0 Å². The van der Waals surface area contributed by atoms with Crippen molar-refractivity contribution in [2.75, 3.05) is 6.61 Å². The Bertz CT molecular complexity index is 147. The molecule has 0 fully saturated rings. The molecule has 0 N–H and O–H groups in total. The highest BCUT2D eigenvalue weighted by molar-refractivity contribution is 6.79. The molecule has 0 saturated carbocycles. The Morgan fingerprint density at radius 3 is 2.14 bits per heavy atom. The summed E-state index contributed by atoms with van der Waals surface area (Å²) < 4.78 is 0. The second-order valence-electron chi connectivity index (χ2n) is 3.86.